The molecule has 1 saturated carbocycles. The van der Waals surface area contributed by atoms with Crippen LogP contribution in [0.15, 0.2) is 24.3 Å². The van der Waals surface area contributed by atoms with Gasteiger partial charge < -0.3 is 19.5 Å². The smallest absolute Gasteiger partial charge is 0.344 e. The van der Waals surface area contributed by atoms with Crippen molar-refractivity contribution < 1.29 is 23.8 Å². The lowest BCUT2D eigenvalue weighted by molar-refractivity contribution is -0.150. The number of carbonyl (C=O) groups is 2. The van der Waals surface area contributed by atoms with Gasteiger partial charge in [-0.2, -0.15) is 0 Å². The van der Waals surface area contributed by atoms with Crippen LogP contribution in [-0.2, 0) is 14.3 Å². The first-order valence-electron chi connectivity index (χ1n) is 9.30. The molecule has 0 heterocycles. The number of benzene rings is 1. The molecular formula is C20H29NO5. The van der Waals surface area contributed by atoms with Gasteiger partial charge in [0.05, 0.1) is 6.61 Å². The molecule has 0 saturated heterocycles. The van der Waals surface area contributed by atoms with Crippen LogP contribution >= 0.6 is 0 Å². The van der Waals surface area contributed by atoms with Crippen LogP contribution in [0.5, 0.6) is 11.5 Å². The van der Waals surface area contributed by atoms with E-state index in [4.69, 9.17) is 14.2 Å². The highest BCUT2D eigenvalue weighted by Crippen LogP contribution is 2.29. The summed E-state index contributed by atoms with van der Waals surface area (Å²) in [6, 6.07) is 7.13. The fourth-order valence-corrected chi connectivity index (χ4v) is 3.16. The summed E-state index contributed by atoms with van der Waals surface area (Å²) in [5.74, 6) is 1.49. The quantitative estimate of drug-likeness (QED) is 0.719. The highest BCUT2D eigenvalue weighted by Gasteiger charge is 2.28. The second kappa shape index (κ2) is 10.0. The summed E-state index contributed by atoms with van der Waals surface area (Å²) in [4.78, 5) is 23.7. The van der Waals surface area contributed by atoms with E-state index in [-0.39, 0.29) is 25.2 Å². The number of esters is 1. The number of hydrogen-bond donors (Lipinski definition) is 1. The molecule has 1 aromatic rings. The second-order valence-corrected chi connectivity index (χ2v) is 6.80. The van der Waals surface area contributed by atoms with E-state index in [1.54, 1.807) is 24.3 Å². The monoisotopic (exact) mass is 363 g/mol. The number of amides is 1. The Labute approximate surface area is 155 Å². The van der Waals surface area contributed by atoms with Crippen molar-refractivity contribution in [1.82, 2.24) is 5.32 Å². The van der Waals surface area contributed by atoms with E-state index in [9.17, 15) is 9.59 Å². The molecule has 3 atom stereocenters. The summed E-state index contributed by atoms with van der Waals surface area (Å²) in [5, 5.41) is 2.98. The molecule has 0 radical (unpaired) electrons. The second-order valence-electron chi connectivity index (χ2n) is 6.80. The number of nitrogens with one attached hydrogen (secondary N) is 1. The Bertz CT molecular complexity index is 586. The summed E-state index contributed by atoms with van der Waals surface area (Å²) < 4.78 is 15.7. The Hall–Kier alpha value is -2.24. The van der Waals surface area contributed by atoms with Crippen LogP contribution in [0.25, 0.3) is 0 Å². The van der Waals surface area contributed by atoms with Gasteiger partial charge in [0.2, 0.25) is 0 Å². The third-order valence-corrected chi connectivity index (χ3v) is 4.91. The molecule has 6 heteroatoms. The van der Waals surface area contributed by atoms with Crippen molar-refractivity contribution in [3.63, 3.8) is 0 Å². The molecule has 6 nitrogen and oxygen atoms in total. The highest BCUT2D eigenvalue weighted by atomic mass is 16.6. The van der Waals surface area contributed by atoms with Gasteiger partial charge in [-0.25, -0.2) is 4.79 Å². The zero-order valence-corrected chi connectivity index (χ0v) is 15.8. The number of rotatable bonds is 8. The van der Waals surface area contributed by atoms with Crippen molar-refractivity contribution in [2.75, 3.05) is 19.8 Å². The lowest BCUT2D eigenvalue weighted by Crippen LogP contribution is -2.45. The largest absolute Gasteiger partial charge is 0.494 e. The lowest BCUT2D eigenvalue weighted by atomic mass is 9.78. The van der Waals surface area contributed by atoms with E-state index in [1.165, 1.54) is 6.42 Å². The Balaban J connectivity index is 1.67. The predicted octanol–water partition coefficient (Wildman–Crippen LogP) is 2.95. The molecule has 0 unspecified atom stereocenters. The standard InChI is InChI=1S/C20H29NO5/c1-4-24-16-8-10-17(11-9-16)25-13-20(23)26-12-19(22)21-18-7-5-6-14(2)15(18)3/h8-11,14-15,18H,4-7,12-13H2,1-3H3,(H,21,22)/t14-,15-,18-/m0/s1. The molecule has 1 fully saturated rings. The maximum Gasteiger partial charge on any atom is 0.344 e. The average molecular weight is 363 g/mol. The predicted molar refractivity (Wildman–Crippen MR) is 98.2 cm³/mol. The van der Waals surface area contributed by atoms with Crippen LogP contribution in [0.2, 0.25) is 0 Å². The Morgan fingerprint density at radius 3 is 2.35 bits per heavy atom. The summed E-state index contributed by atoms with van der Waals surface area (Å²) in [7, 11) is 0. The van der Waals surface area contributed by atoms with Crippen molar-refractivity contribution in [3.8, 4) is 11.5 Å². The van der Waals surface area contributed by atoms with Gasteiger partial charge in [0.1, 0.15) is 11.5 Å². The Kier molecular flexibility index (Phi) is 7.75. The number of carbonyl (C=O) groups excluding carboxylic acids is 2. The van der Waals surface area contributed by atoms with E-state index >= 15 is 0 Å². The van der Waals surface area contributed by atoms with Gasteiger partial charge in [0.15, 0.2) is 13.2 Å². The van der Waals surface area contributed by atoms with E-state index in [1.807, 2.05) is 6.92 Å². The van der Waals surface area contributed by atoms with Crippen LogP contribution in [0.3, 0.4) is 0 Å². The summed E-state index contributed by atoms with van der Waals surface area (Å²) >= 11 is 0. The fraction of sp³-hybridized carbons (Fsp3) is 0.600. The SMILES string of the molecule is CCOc1ccc(OCC(=O)OCC(=O)N[C@H]2CCC[C@H](C)[C@@H]2C)cc1. The van der Waals surface area contributed by atoms with Crippen molar-refractivity contribution in [1.29, 1.82) is 0 Å². The first kappa shape index (κ1) is 20.1. The van der Waals surface area contributed by atoms with Crippen LogP contribution in [-0.4, -0.2) is 37.7 Å². The molecule has 1 aromatic carbocycles. The first-order chi connectivity index (χ1) is 12.5. The van der Waals surface area contributed by atoms with Crippen LogP contribution in [0, 0.1) is 11.8 Å². The van der Waals surface area contributed by atoms with Crippen molar-refractivity contribution >= 4 is 11.9 Å². The van der Waals surface area contributed by atoms with Crippen molar-refractivity contribution in [3.05, 3.63) is 24.3 Å². The molecule has 26 heavy (non-hydrogen) atoms. The van der Waals surface area contributed by atoms with Crippen molar-refractivity contribution in [2.45, 2.75) is 46.1 Å². The molecule has 1 N–H and O–H groups in total. The normalized spacial score (nSPS) is 22.3. The number of ether oxygens (including phenoxy) is 3. The maximum absolute atomic E-state index is 12.0. The summed E-state index contributed by atoms with van der Waals surface area (Å²) in [5.41, 5.74) is 0. The van der Waals surface area contributed by atoms with Crippen molar-refractivity contribution in [2.24, 2.45) is 11.8 Å². The third kappa shape index (κ3) is 6.24. The molecule has 0 aliphatic heterocycles. The Morgan fingerprint density at radius 2 is 1.69 bits per heavy atom. The molecule has 0 aromatic heterocycles. The molecule has 1 aliphatic rings. The van der Waals surface area contributed by atoms with Gasteiger partial charge in [-0.05, 0) is 49.4 Å². The minimum absolute atomic E-state index is 0.157. The zero-order valence-electron chi connectivity index (χ0n) is 15.8. The maximum atomic E-state index is 12.0. The molecular weight excluding hydrogens is 334 g/mol. The van der Waals surface area contributed by atoms with Crippen LogP contribution in [0.4, 0.5) is 0 Å². The van der Waals surface area contributed by atoms with Crippen LogP contribution < -0.4 is 14.8 Å². The van der Waals surface area contributed by atoms with E-state index < -0.39 is 5.97 Å². The molecule has 0 spiro atoms. The summed E-state index contributed by atoms with van der Waals surface area (Å²) in [6.07, 6.45) is 3.30. The average Bonchev–Trinajstić information content (AvgIpc) is 2.63. The van der Waals surface area contributed by atoms with E-state index in [2.05, 4.69) is 19.2 Å². The minimum Gasteiger partial charge on any atom is -0.494 e. The van der Waals surface area contributed by atoms with Gasteiger partial charge >= 0.3 is 5.97 Å². The van der Waals surface area contributed by atoms with Gasteiger partial charge in [-0.1, -0.05) is 26.7 Å². The minimum atomic E-state index is -0.570. The lowest BCUT2D eigenvalue weighted by Gasteiger charge is -2.34. The molecule has 1 amide bonds. The van der Waals surface area contributed by atoms with Gasteiger partial charge in [-0.3, -0.25) is 4.79 Å². The molecule has 144 valence electrons. The van der Waals surface area contributed by atoms with E-state index in [0.717, 1.165) is 18.6 Å². The fourth-order valence-electron chi connectivity index (χ4n) is 3.16. The zero-order chi connectivity index (χ0) is 18.9. The van der Waals surface area contributed by atoms with Gasteiger partial charge in [0, 0.05) is 6.04 Å². The van der Waals surface area contributed by atoms with Gasteiger partial charge in [-0.15, -0.1) is 0 Å². The highest BCUT2D eigenvalue weighted by molar-refractivity contribution is 5.81. The number of hydrogen-bond acceptors (Lipinski definition) is 5. The van der Waals surface area contributed by atoms with E-state index in [0.29, 0.717) is 24.2 Å². The molecule has 2 rings (SSSR count). The molecule has 1 aliphatic carbocycles. The third-order valence-electron chi connectivity index (χ3n) is 4.91. The van der Waals surface area contributed by atoms with Crippen LogP contribution in [0.1, 0.15) is 40.0 Å². The summed E-state index contributed by atoms with van der Waals surface area (Å²) in [6.45, 7) is 6.35. The Morgan fingerprint density at radius 1 is 1.04 bits per heavy atom. The topological polar surface area (TPSA) is 73.9 Å². The van der Waals surface area contributed by atoms with Gasteiger partial charge in [0.25, 0.3) is 5.91 Å². The first-order valence-corrected chi connectivity index (χ1v) is 9.30. The molecule has 0 bridgehead atoms.